The molecule has 2 rings (SSSR count). The maximum Gasteiger partial charge on any atom is 0.201 e. The van der Waals surface area contributed by atoms with Gasteiger partial charge in [-0.05, 0) is 50.8 Å². The Hall–Kier alpha value is -1.36. The van der Waals surface area contributed by atoms with Crippen molar-refractivity contribution in [3.8, 4) is 5.75 Å². The monoisotopic (exact) mass is 307 g/mol. The van der Waals surface area contributed by atoms with E-state index in [1.807, 2.05) is 37.7 Å². The Kier molecular flexibility index (Phi) is 5.79. The highest BCUT2D eigenvalue weighted by molar-refractivity contribution is 7.98. The number of nitrogen functional groups attached to an aromatic ring is 1. The van der Waals surface area contributed by atoms with Crippen molar-refractivity contribution in [1.29, 1.82) is 0 Å². The zero-order valence-electron chi connectivity index (χ0n) is 13.1. The van der Waals surface area contributed by atoms with Crippen molar-refractivity contribution in [3.63, 3.8) is 0 Å². The normalized spacial score (nSPS) is 11.4. The van der Waals surface area contributed by atoms with Gasteiger partial charge in [0, 0.05) is 6.54 Å². The van der Waals surface area contributed by atoms with E-state index >= 15 is 0 Å². The van der Waals surface area contributed by atoms with Crippen LogP contribution in [0.4, 0.5) is 5.95 Å². The number of imidazole rings is 1. The molecule has 0 saturated carbocycles. The summed E-state index contributed by atoms with van der Waals surface area (Å²) >= 11 is 1.90. The van der Waals surface area contributed by atoms with Gasteiger partial charge in [-0.1, -0.05) is 12.5 Å². The van der Waals surface area contributed by atoms with Gasteiger partial charge < -0.3 is 15.0 Å². The fraction of sp³-hybridized carbons (Fsp3) is 0.562. The summed E-state index contributed by atoms with van der Waals surface area (Å²) in [7, 11) is 0. The Morgan fingerprint density at radius 1 is 1.29 bits per heavy atom. The number of thioether (sulfide) groups is 1. The van der Waals surface area contributed by atoms with E-state index < -0.39 is 0 Å². The van der Waals surface area contributed by atoms with Gasteiger partial charge in [-0.3, -0.25) is 0 Å². The number of fused-ring (bicyclic) bond motifs is 1. The van der Waals surface area contributed by atoms with Gasteiger partial charge in [-0.15, -0.1) is 0 Å². The molecule has 2 N–H and O–H groups in total. The van der Waals surface area contributed by atoms with E-state index in [2.05, 4.69) is 21.9 Å². The van der Waals surface area contributed by atoms with E-state index in [1.165, 1.54) is 18.6 Å². The smallest absolute Gasteiger partial charge is 0.201 e. The minimum Gasteiger partial charge on any atom is -0.489 e. The Bertz CT molecular complexity index is 580. The molecule has 1 aromatic carbocycles. The molecule has 2 aromatic rings. The fourth-order valence-corrected chi connectivity index (χ4v) is 2.91. The van der Waals surface area contributed by atoms with Crippen molar-refractivity contribution < 1.29 is 4.74 Å². The number of rotatable bonds is 8. The van der Waals surface area contributed by atoms with Crippen LogP contribution < -0.4 is 10.5 Å². The lowest BCUT2D eigenvalue weighted by atomic mass is 10.2. The number of aryl methyl sites for hydroxylation is 1. The molecular formula is C16H25N3OS. The lowest BCUT2D eigenvalue weighted by Crippen LogP contribution is -2.06. The first-order valence-electron chi connectivity index (χ1n) is 7.53. The van der Waals surface area contributed by atoms with Crippen molar-refractivity contribution in [2.24, 2.45) is 0 Å². The minimum atomic E-state index is 0.133. The number of nitrogens with zero attached hydrogens (tertiary/aromatic N) is 2. The molecular weight excluding hydrogens is 282 g/mol. The molecule has 0 saturated heterocycles. The summed E-state index contributed by atoms with van der Waals surface area (Å²) < 4.78 is 7.92. The van der Waals surface area contributed by atoms with Crippen LogP contribution in [-0.2, 0) is 6.54 Å². The average Bonchev–Trinajstić information content (AvgIpc) is 2.76. The molecule has 0 atom stereocenters. The third-order valence-electron chi connectivity index (χ3n) is 3.36. The van der Waals surface area contributed by atoms with Crippen LogP contribution in [0.3, 0.4) is 0 Å². The Balaban J connectivity index is 2.14. The highest BCUT2D eigenvalue weighted by Crippen LogP contribution is 2.28. The highest BCUT2D eigenvalue weighted by atomic mass is 32.2. The molecule has 0 aliphatic carbocycles. The summed E-state index contributed by atoms with van der Waals surface area (Å²) in [5.41, 5.74) is 8.02. The van der Waals surface area contributed by atoms with Crippen LogP contribution in [0.15, 0.2) is 18.2 Å². The van der Waals surface area contributed by atoms with Crippen LogP contribution in [-0.4, -0.2) is 27.7 Å². The Labute approximate surface area is 131 Å². The molecule has 0 bridgehead atoms. The van der Waals surface area contributed by atoms with Crippen LogP contribution in [0.2, 0.25) is 0 Å². The molecule has 116 valence electrons. The summed E-state index contributed by atoms with van der Waals surface area (Å²) in [4.78, 5) is 4.49. The third kappa shape index (κ3) is 4.06. The number of anilines is 1. The van der Waals surface area contributed by atoms with E-state index in [-0.39, 0.29) is 6.10 Å². The number of aromatic nitrogens is 2. The number of unbranched alkanes of at least 4 members (excludes halogenated alkanes) is 2. The molecule has 1 aromatic heterocycles. The molecule has 0 fully saturated rings. The number of hydrogen-bond donors (Lipinski definition) is 1. The summed E-state index contributed by atoms with van der Waals surface area (Å²) in [6, 6.07) is 6.02. The van der Waals surface area contributed by atoms with Crippen LogP contribution in [0.1, 0.15) is 33.1 Å². The van der Waals surface area contributed by atoms with Gasteiger partial charge in [-0.25, -0.2) is 4.98 Å². The number of hydrogen-bond acceptors (Lipinski definition) is 4. The van der Waals surface area contributed by atoms with Crippen molar-refractivity contribution in [1.82, 2.24) is 9.55 Å². The molecule has 0 unspecified atom stereocenters. The third-order valence-corrected chi connectivity index (χ3v) is 4.06. The summed E-state index contributed by atoms with van der Waals surface area (Å²) in [6.45, 7) is 4.96. The second-order valence-corrected chi connectivity index (χ2v) is 6.45. The van der Waals surface area contributed by atoms with Gasteiger partial charge >= 0.3 is 0 Å². The second-order valence-electron chi connectivity index (χ2n) is 5.47. The van der Waals surface area contributed by atoms with E-state index in [0.29, 0.717) is 5.95 Å². The van der Waals surface area contributed by atoms with Gasteiger partial charge in [0.05, 0.1) is 11.6 Å². The highest BCUT2D eigenvalue weighted by Gasteiger charge is 2.12. The quantitative estimate of drug-likeness (QED) is 0.751. The van der Waals surface area contributed by atoms with Crippen molar-refractivity contribution >= 4 is 28.7 Å². The van der Waals surface area contributed by atoms with Gasteiger partial charge in [0.25, 0.3) is 0 Å². The maximum absolute atomic E-state index is 6.09. The average molecular weight is 307 g/mol. The minimum absolute atomic E-state index is 0.133. The van der Waals surface area contributed by atoms with Gasteiger partial charge in [0.15, 0.2) is 0 Å². The first kappa shape index (κ1) is 16.0. The lowest BCUT2D eigenvalue weighted by Gasteiger charge is -2.10. The summed E-state index contributed by atoms with van der Waals surface area (Å²) in [5.74, 6) is 2.62. The van der Waals surface area contributed by atoms with Crippen LogP contribution >= 0.6 is 11.8 Å². The van der Waals surface area contributed by atoms with E-state index in [1.54, 1.807) is 0 Å². The van der Waals surface area contributed by atoms with Crippen LogP contribution in [0.25, 0.3) is 11.0 Å². The zero-order chi connectivity index (χ0) is 15.2. The van der Waals surface area contributed by atoms with Crippen molar-refractivity contribution in [2.75, 3.05) is 17.7 Å². The molecule has 1 heterocycles. The fourth-order valence-electron chi connectivity index (χ4n) is 2.42. The maximum atomic E-state index is 6.09. The Morgan fingerprint density at radius 2 is 2.10 bits per heavy atom. The molecule has 21 heavy (non-hydrogen) atoms. The van der Waals surface area contributed by atoms with E-state index in [9.17, 15) is 0 Å². The lowest BCUT2D eigenvalue weighted by molar-refractivity contribution is 0.245. The predicted molar refractivity (Wildman–Crippen MR) is 92.1 cm³/mol. The first-order chi connectivity index (χ1) is 10.1. The predicted octanol–water partition coefficient (Wildman–Crippen LogP) is 3.94. The van der Waals surface area contributed by atoms with Gasteiger partial charge in [0.2, 0.25) is 5.95 Å². The summed E-state index contributed by atoms with van der Waals surface area (Å²) in [6.07, 6.45) is 5.90. The van der Waals surface area contributed by atoms with Gasteiger partial charge in [-0.2, -0.15) is 11.8 Å². The summed E-state index contributed by atoms with van der Waals surface area (Å²) in [5, 5.41) is 0. The molecule has 5 heteroatoms. The van der Waals surface area contributed by atoms with E-state index in [0.717, 1.165) is 29.7 Å². The first-order valence-corrected chi connectivity index (χ1v) is 8.93. The Morgan fingerprint density at radius 3 is 2.81 bits per heavy atom. The molecule has 0 spiro atoms. The number of benzene rings is 1. The van der Waals surface area contributed by atoms with E-state index in [4.69, 9.17) is 10.5 Å². The topological polar surface area (TPSA) is 53.1 Å². The van der Waals surface area contributed by atoms with Crippen molar-refractivity contribution in [3.05, 3.63) is 18.2 Å². The number of nitrogens with two attached hydrogens (primary N) is 1. The van der Waals surface area contributed by atoms with Crippen molar-refractivity contribution in [2.45, 2.75) is 45.8 Å². The molecule has 0 radical (unpaired) electrons. The van der Waals surface area contributed by atoms with Gasteiger partial charge in [0.1, 0.15) is 11.3 Å². The zero-order valence-corrected chi connectivity index (χ0v) is 13.9. The van der Waals surface area contributed by atoms with Crippen LogP contribution in [0, 0.1) is 0 Å². The SMILES string of the molecule is CSCCCCCn1c(N)nc2c(OC(C)C)cccc21. The number of para-hydroxylation sites is 1. The second kappa shape index (κ2) is 7.59. The molecule has 0 aliphatic heterocycles. The molecule has 4 nitrogen and oxygen atoms in total. The molecule has 0 amide bonds. The largest absolute Gasteiger partial charge is 0.489 e. The van der Waals surface area contributed by atoms with Crippen LogP contribution in [0.5, 0.6) is 5.75 Å². The standard InChI is InChI=1S/C16H25N3OS/c1-12(2)20-14-9-7-8-13-15(14)18-16(17)19(13)10-5-4-6-11-21-3/h7-9,12H,4-6,10-11H2,1-3H3,(H2,17,18). The molecule has 0 aliphatic rings. The number of ether oxygens (including phenoxy) is 1.